The van der Waals surface area contributed by atoms with Crippen LogP contribution in [0.15, 0.2) is 18.2 Å². The van der Waals surface area contributed by atoms with Crippen LogP contribution >= 0.6 is 0 Å². The number of hydrogen-bond donors (Lipinski definition) is 0. The molecule has 0 N–H and O–H groups in total. The maximum absolute atomic E-state index is 11.4. The third-order valence-electron chi connectivity index (χ3n) is 1.92. The number of carbonyl (C=O) groups is 2. The van der Waals surface area contributed by atoms with Gasteiger partial charge in [0.25, 0.3) is 0 Å². The van der Waals surface area contributed by atoms with Crippen LogP contribution in [0.25, 0.3) is 0 Å². The van der Waals surface area contributed by atoms with Crippen molar-refractivity contribution in [2.45, 2.75) is 13.8 Å². The van der Waals surface area contributed by atoms with Crippen LogP contribution in [0.2, 0.25) is 0 Å². The Labute approximate surface area is 82.7 Å². The van der Waals surface area contributed by atoms with E-state index in [2.05, 4.69) is 0 Å². The molecule has 3 nitrogen and oxygen atoms in total. The molecule has 1 aromatic rings. The Morgan fingerprint density at radius 1 is 1.29 bits per heavy atom. The quantitative estimate of drug-likeness (QED) is 0.541. The molecule has 0 bridgehead atoms. The number of hydrogen-bond acceptors (Lipinski definition) is 3. The monoisotopic (exact) mass is 192 g/mol. The van der Waals surface area contributed by atoms with Crippen molar-refractivity contribution in [3.8, 4) is 5.75 Å². The van der Waals surface area contributed by atoms with E-state index >= 15 is 0 Å². The second kappa shape index (κ2) is 4.05. The summed E-state index contributed by atoms with van der Waals surface area (Å²) >= 11 is 0. The van der Waals surface area contributed by atoms with Crippen LogP contribution in [0.5, 0.6) is 5.75 Å². The van der Waals surface area contributed by atoms with Crippen molar-refractivity contribution in [3.05, 3.63) is 29.3 Å². The molecule has 1 rings (SSSR count). The number of benzene rings is 1. The number of ketones is 2. The number of ether oxygens (including phenoxy) is 1. The zero-order valence-corrected chi connectivity index (χ0v) is 8.46. The molecule has 0 saturated carbocycles. The highest BCUT2D eigenvalue weighted by Crippen LogP contribution is 2.20. The Morgan fingerprint density at radius 2 is 1.93 bits per heavy atom. The molecule has 0 saturated heterocycles. The smallest absolute Gasteiger partial charge is 0.231 e. The van der Waals surface area contributed by atoms with Crippen molar-refractivity contribution in [1.29, 1.82) is 0 Å². The molecule has 74 valence electrons. The first-order chi connectivity index (χ1) is 6.56. The second-order valence-corrected chi connectivity index (χ2v) is 3.09. The molecule has 3 heteroatoms. The van der Waals surface area contributed by atoms with Crippen LogP contribution in [0.4, 0.5) is 0 Å². The molecule has 0 heterocycles. The molecule has 0 fully saturated rings. The molecule has 0 aliphatic rings. The first-order valence-electron chi connectivity index (χ1n) is 4.26. The van der Waals surface area contributed by atoms with E-state index in [1.54, 1.807) is 12.1 Å². The standard InChI is InChI=1S/C11H12O3/c1-7-4-5-10(14-3)9(6-7)11(13)8(2)12/h4-6H,1-3H3. The van der Waals surface area contributed by atoms with Gasteiger partial charge in [-0.3, -0.25) is 9.59 Å². The average Bonchev–Trinajstić information content (AvgIpc) is 2.16. The van der Waals surface area contributed by atoms with E-state index in [1.165, 1.54) is 14.0 Å². The summed E-state index contributed by atoms with van der Waals surface area (Å²) in [6.45, 7) is 3.11. The normalized spacial score (nSPS) is 9.64. The molecule has 0 aromatic heterocycles. The largest absolute Gasteiger partial charge is 0.496 e. The van der Waals surface area contributed by atoms with Crippen LogP contribution in [0.3, 0.4) is 0 Å². The molecule has 0 spiro atoms. The topological polar surface area (TPSA) is 43.4 Å². The van der Waals surface area contributed by atoms with Gasteiger partial charge < -0.3 is 4.74 Å². The highest BCUT2D eigenvalue weighted by Gasteiger charge is 2.16. The van der Waals surface area contributed by atoms with Gasteiger partial charge in [-0.1, -0.05) is 11.6 Å². The molecule has 0 amide bonds. The summed E-state index contributed by atoms with van der Waals surface area (Å²) in [6, 6.07) is 5.17. The first kappa shape index (κ1) is 10.4. The Balaban J connectivity index is 3.23. The van der Waals surface area contributed by atoms with E-state index in [9.17, 15) is 9.59 Å². The summed E-state index contributed by atoms with van der Waals surface area (Å²) in [5.74, 6) is -0.546. The lowest BCUT2D eigenvalue weighted by Crippen LogP contribution is -2.11. The third kappa shape index (κ3) is 1.99. The van der Waals surface area contributed by atoms with Gasteiger partial charge in [-0.05, 0) is 19.1 Å². The van der Waals surface area contributed by atoms with Crippen LogP contribution in [-0.2, 0) is 4.79 Å². The summed E-state index contributed by atoms with van der Waals surface area (Å²) in [6.07, 6.45) is 0. The van der Waals surface area contributed by atoms with Crippen molar-refractivity contribution in [2.75, 3.05) is 7.11 Å². The Morgan fingerprint density at radius 3 is 2.43 bits per heavy atom. The van der Waals surface area contributed by atoms with Gasteiger partial charge in [-0.25, -0.2) is 0 Å². The SMILES string of the molecule is COc1ccc(C)cc1C(=O)C(C)=O. The van der Waals surface area contributed by atoms with Gasteiger partial charge in [-0.2, -0.15) is 0 Å². The lowest BCUT2D eigenvalue weighted by Gasteiger charge is -2.06. The van der Waals surface area contributed by atoms with Crippen molar-refractivity contribution >= 4 is 11.6 Å². The Hall–Kier alpha value is -1.64. The van der Waals surface area contributed by atoms with Gasteiger partial charge in [0.05, 0.1) is 12.7 Å². The second-order valence-electron chi connectivity index (χ2n) is 3.09. The summed E-state index contributed by atoms with van der Waals surface area (Å²) in [5, 5.41) is 0. The number of rotatable bonds is 3. The highest BCUT2D eigenvalue weighted by atomic mass is 16.5. The Kier molecular flexibility index (Phi) is 3.02. The van der Waals surface area contributed by atoms with Crippen LogP contribution in [0.1, 0.15) is 22.8 Å². The van der Waals surface area contributed by atoms with Crippen molar-refractivity contribution in [1.82, 2.24) is 0 Å². The summed E-state index contributed by atoms with van der Waals surface area (Å²) in [4.78, 5) is 22.4. The molecule has 0 aliphatic carbocycles. The predicted octanol–water partition coefficient (Wildman–Crippen LogP) is 1.78. The third-order valence-corrected chi connectivity index (χ3v) is 1.92. The summed E-state index contributed by atoms with van der Waals surface area (Å²) in [5.41, 5.74) is 1.26. The van der Waals surface area contributed by atoms with Crippen molar-refractivity contribution in [3.63, 3.8) is 0 Å². The first-order valence-corrected chi connectivity index (χ1v) is 4.26. The lowest BCUT2D eigenvalue weighted by atomic mass is 10.0. The minimum Gasteiger partial charge on any atom is -0.496 e. The molecule has 0 unspecified atom stereocenters. The average molecular weight is 192 g/mol. The molecular weight excluding hydrogens is 180 g/mol. The molecule has 14 heavy (non-hydrogen) atoms. The number of carbonyl (C=O) groups excluding carboxylic acids is 2. The number of Topliss-reactive ketones (excluding diaryl/α,β-unsaturated/α-hetero) is 2. The minimum atomic E-state index is -0.509. The van der Waals surface area contributed by atoms with Gasteiger partial charge in [0.2, 0.25) is 5.78 Å². The van der Waals surface area contributed by atoms with Gasteiger partial charge in [-0.15, -0.1) is 0 Å². The van der Waals surface area contributed by atoms with E-state index in [0.29, 0.717) is 11.3 Å². The predicted molar refractivity (Wildman–Crippen MR) is 52.7 cm³/mol. The molecular formula is C11H12O3. The van der Waals surface area contributed by atoms with Gasteiger partial charge in [0.15, 0.2) is 5.78 Å². The van der Waals surface area contributed by atoms with E-state index in [-0.39, 0.29) is 0 Å². The maximum Gasteiger partial charge on any atom is 0.231 e. The van der Waals surface area contributed by atoms with Gasteiger partial charge in [0, 0.05) is 6.92 Å². The van der Waals surface area contributed by atoms with Crippen LogP contribution < -0.4 is 4.74 Å². The van der Waals surface area contributed by atoms with Gasteiger partial charge >= 0.3 is 0 Å². The molecule has 0 radical (unpaired) electrons. The highest BCUT2D eigenvalue weighted by molar-refractivity contribution is 6.43. The van der Waals surface area contributed by atoms with Crippen molar-refractivity contribution in [2.24, 2.45) is 0 Å². The van der Waals surface area contributed by atoms with Crippen molar-refractivity contribution < 1.29 is 14.3 Å². The van der Waals surface area contributed by atoms with E-state index in [1.807, 2.05) is 13.0 Å². The maximum atomic E-state index is 11.4. The fourth-order valence-electron chi connectivity index (χ4n) is 1.19. The number of methoxy groups -OCH3 is 1. The molecule has 0 aliphatic heterocycles. The fraction of sp³-hybridized carbons (Fsp3) is 0.273. The van der Waals surface area contributed by atoms with Crippen LogP contribution in [0, 0.1) is 6.92 Å². The van der Waals surface area contributed by atoms with Gasteiger partial charge in [0.1, 0.15) is 5.75 Å². The lowest BCUT2D eigenvalue weighted by molar-refractivity contribution is -0.113. The minimum absolute atomic E-state index is 0.333. The Bertz CT molecular complexity index is 380. The fourth-order valence-corrected chi connectivity index (χ4v) is 1.19. The zero-order chi connectivity index (χ0) is 10.7. The van der Waals surface area contributed by atoms with E-state index in [4.69, 9.17) is 4.74 Å². The number of aryl methyl sites for hydroxylation is 1. The molecule has 0 atom stereocenters. The van der Waals surface area contributed by atoms with E-state index in [0.717, 1.165) is 5.56 Å². The summed E-state index contributed by atoms with van der Waals surface area (Å²) < 4.78 is 5.00. The van der Waals surface area contributed by atoms with E-state index < -0.39 is 11.6 Å². The summed E-state index contributed by atoms with van der Waals surface area (Å²) in [7, 11) is 1.47. The van der Waals surface area contributed by atoms with Crippen LogP contribution in [-0.4, -0.2) is 18.7 Å². The molecule has 1 aromatic carbocycles. The zero-order valence-electron chi connectivity index (χ0n) is 8.46.